The van der Waals surface area contributed by atoms with Crippen molar-refractivity contribution in [2.75, 3.05) is 19.6 Å². The monoisotopic (exact) mass is 224 g/mol. The van der Waals surface area contributed by atoms with E-state index >= 15 is 0 Å². The van der Waals surface area contributed by atoms with E-state index in [9.17, 15) is 13.2 Å². The van der Waals surface area contributed by atoms with E-state index in [2.05, 4.69) is 0 Å². The zero-order valence-corrected chi connectivity index (χ0v) is 8.37. The molecule has 0 bridgehead atoms. The smallest absolute Gasteiger partial charge is 0.302 e. The van der Waals surface area contributed by atoms with Crippen LogP contribution in [0.5, 0.6) is 0 Å². The van der Waals surface area contributed by atoms with Crippen LogP contribution in [0.3, 0.4) is 0 Å². The topological polar surface area (TPSA) is 27.0 Å². The third-order valence-corrected chi connectivity index (χ3v) is 2.99. The van der Waals surface area contributed by atoms with Crippen molar-refractivity contribution in [3.05, 3.63) is 0 Å². The van der Waals surface area contributed by atoms with Gasteiger partial charge in [-0.25, -0.2) is 0 Å². The Hall–Kier alpha value is -0.410. The summed E-state index contributed by atoms with van der Waals surface area (Å²) in [5.41, 5.74) is 0. The van der Waals surface area contributed by atoms with Crippen molar-refractivity contribution in [1.82, 2.24) is 4.90 Å². The quantitative estimate of drug-likeness (QED) is 0.688. The molecular weight excluding hydrogens is 213 g/mol. The lowest BCUT2D eigenvalue weighted by molar-refractivity contribution is -0.131. The van der Waals surface area contributed by atoms with E-state index in [1.165, 1.54) is 5.40 Å². The van der Waals surface area contributed by atoms with Gasteiger partial charge in [0.1, 0.15) is 10.7 Å². The molecule has 0 aromatic rings. The van der Waals surface area contributed by atoms with Crippen molar-refractivity contribution < 1.29 is 13.2 Å². The first-order valence-electron chi connectivity index (χ1n) is 4.38. The maximum absolute atomic E-state index is 12.4. The normalized spacial score (nSPS) is 20.7. The molecule has 80 valence electrons. The van der Waals surface area contributed by atoms with Crippen molar-refractivity contribution in [2.45, 2.75) is 24.3 Å². The fourth-order valence-corrected chi connectivity index (χ4v) is 2.02. The van der Waals surface area contributed by atoms with Gasteiger partial charge < -0.3 is 4.90 Å². The first-order chi connectivity index (χ1) is 6.54. The molecule has 1 rings (SSSR count). The van der Waals surface area contributed by atoms with Crippen molar-refractivity contribution in [3.8, 4) is 5.40 Å². The number of likely N-dealkylation sites (tertiary alicyclic amines) is 1. The molecule has 1 saturated heterocycles. The predicted octanol–water partition coefficient (Wildman–Crippen LogP) is 2.23. The van der Waals surface area contributed by atoms with Gasteiger partial charge in [0.15, 0.2) is 0 Å². The Kier molecular flexibility index (Phi) is 4.08. The molecule has 0 aromatic heterocycles. The van der Waals surface area contributed by atoms with E-state index in [0.29, 0.717) is 11.8 Å². The van der Waals surface area contributed by atoms with Crippen molar-refractivity contribution in [2.24, 2.45) is 0 Å². The minimum absolute atomic E-state index is 0.0538. The number of thiocyanates is 1. The molecule has 0 radical (unpaired) electrons. The summed E-state index contributed by atoms with van der Waals surface area (Å²) in [7, 11) is 0. The van der Waals surface area contributed by atoms with Crippen LogP contribution in [0.25, 0.3) is 0 Å². The fraction of sp³-hybridized carbons (Fsp3) is 0.875. The summed E-state index contributed by atoms with van der Waals surface area (Å²) in [5.74, 6) is 0. The number of alkyl halides is 3. The SMILES string of the molecule is N#CS[C@H](CN1CCCC1)C(F)(F)F. The molecule has 0 amide bonds. The standard InChI is InChI=1S/C8H11F3N2S/c9-8(10,11)7(14-6-12)5-13-3-1-2-4-13/h7H,1-5H2/t7-/m1/s1. The number of hydrogen-bond acceptors (Lipinski definition) is 3. The molecule has 0 saturated carbocycles. The number of halogens is 3. The van der Waals surface area contributed by atoms with E-state index in [-0.39, 0.29) is 6.54 Å². The number of hydrogen-bond donors (Lipinski definition) is 0. The van der Waals surface area contributed by atoms with Crippen LogP contribution in [0.4, 0.5) is 13.2 Å². The third-order valence-electron chi connectivity index (χ3n) is 2.18. The summed E-state index contributed by atoms with van der Waals surface area (Å²) in [6.07, 6.45) is -2.35. The van der Waals surface area contributed by atoms with Crippen molar-refractivity contribution in [3.63, 3.8) is 0 Å². The van der Waals surface area contributed by atoms with Gasteiger partial charge in [-0.05, 0) is 37.7 Å². The lowest BCUT2D eigenvalue weighted by Crippen LogP contribution is -2.37. The third kappa shape index (κ3) is 3.39. The second-order valence-electron chi connectivity index (χ2n) is 3.25. The molecule has 1 aliphatic heterocycles. The summed E-state index contributed by atoms with van der Waals surface area (Å²) in [5, 5.41) is 8.22. The molecule has 1 atom stereocenters. The highest BCUT2D eigenvalue weighted by Crippen LogP contribution is 2.31. The summed E-state index contributed by atoms with van der Waals surface area (Å²) in [6.45, 7) is 1.39. The van der Waals surface area contributed by atoms with Gasteiger partial charge in [-0.2, -0.15) is 18.4 Å². The molecule has 1 aliphatic rings. The molecule has 2 nitrogen and oxygen atoms in total. The molecule has 0 aliphatic carbocycles. The molecule has 1 heterocycles. The number of rotatable bonds is 3. The van der Waals surface area contributed by atoms with Crippen LogP contribution >= 0.6 is 11.8 Å². The number of nitrogens with zero attached hydrogens (tertiary/aromatic N) is 2. The first-order valence-corrected chi connectivity index (χ1v) is 5.26. The van der Waals surface area contributed by atoms with E-state index in [0.717, 1.165) is 25.9 Å². The molecule has 0 N–H and O–H groups in total. The van der Waals surface area contributed by atoms with E-state index in [4.69, 9.17) is 5.26 Å². The van der Waals surface area contributed by atoms with Gasteiger partial charge in [-0.1, -0.05) is 0 Å². The Morgan fingerprint density at radius 1 is 1.36 bits per heavy atom. The van der Waals surface area contributed by atoms with Crippen LogP contribution in [0.15, 0.2) is 0 Å². The van der Waals surface area contributed by atoms with Gasteiger partial charge in [0.25, 0.3) is 0 Å². The molecule has 6 heteroatoms. The fourth-order valence-electron chi connectivity index (χ4n) is 1.47. The van der Waals surface area contributed by atoms with Crippen molar-refractivity contribution >= 4 is 11.8 Å². The zero-order chi connectivity index (χ0) is 10.6. The van der Waals surface area contributed by atoms with Crippen LogP contribution in [-0.2, 0) is 0 Å². The summed E-state index contributed by atoms with van der Waals surface area (Å²) in [6, 6.07) is 0. The minimum Gasteiger partial charge on any atom is -0.302 e. The molecule has 0 aromatic carbocycles. The van der Waals surface area contributed by atoms with Crippen LogP contribution in [0.2, 0.25) is 0 Å². The van der Waals surface area contributed by atoms with Crippen molar-refractivity contribution in [1.29, 1.82) is 5.26 Å². The average Bonchev–Trinajstić information content (AvgIpc) is 2.54. The Morgan fingerprint density at radius 2 is 1.93 bits per heavy atom. The maximum Gasteiger partial charge on any atom is 0.402 e. The predicted molar refractivity (Wildman–Crippen MR) is 48.7 cm³/mol. The first kappa shape index (κ1) is 11.7. The van der Waals surface area contributed by atoms with E-state index in [1.807, 2.05) is 0 Å². The highest BCUT2D eigenvalue weighted by atomic mass is 32.2. The second-order valence-corrected chi connectivity index (χ2v) is 4.23. The van der Waals surface area contributed by atoms with Gasteiger partial charge >= 0.3 is 6.18 Å². The van der Waals surface area contributed by atoms with Gasteiger partial charge in [0.2, 0.25) is 0 Å². The Bertz CT molecular complexity index is 218. The van der Waals surface area contributed by atoms with Crippen LogP contribution in [0.1, 0.15) is 12.8 Å². The Balaban J connectivity index is 2.47. The Morgan fingerprint density at radius 3 is 2.36 bits per heavy atom. The Labute approximate surface area is 85.1 Å². The van der Waals surface area contributed by atoms with Crippen LogP contribution in [0, 0.1) is 10.7 Å². The minimum atomic E-state index is -4.27. The van der Waals surface area contributed by atoms with E-state index < -0.39 is 11.4 Å². The zero-order valence-electron chi connectivity index (χ0n) is 7.55. The maximum atomic E-state index is 12.4. The van der Waals surface area contributed by atoms with Gasteiger partial charge in [0.05, 0.1) is 0 Å². The molecule has 1 fully saturated rings. The largest absolute Gasteiger partial charge is 0.402 e. The summed E-state index contributed by atoms with van der Waals surface area (Å²) in [4.78, 5) is 1.77. The lowest BCUT2D eigenvalue weighted by atomic mass is 10.4. The summed E-state index contributed by atoms with van der Waals surface area (Å²) >= 11 is 0.309. The molecule has 0 spiro atoms. The molecular formula is C8H11F3N2S. The highest BCUT2D eigenvalue weighted by Gasteiger charge is 2.41. The van der Waals surface area contributed by atoms with Crippen LogP contribution in [-0.4, -0.2) is 36.0 Å². The summed E-state index contributed by atoms with van der Waals surface area (Å²) < 4.78 is 37.1. The second kappa shape index (κ2) is 4.89. The van der Waals surface area contributed by atoms with Gasteiger partial charge in [-0.3, -0.25) is 0 Å². The average molecular weight is 224 g/mol. The van der Waals surface area contributed by atoms with E-state index in [1.54, 1.807) is 4.90 Å². The van der Waals surface area contributed by atoms with Crippen LogP contribution < -0.4 is 0 Å². The molecule has 0 unspecified atom stereocenters. The number of nitriles is 1. The molecule has 14 heavy (non-hydrogen) atoms. The van der Waals surface area contributed by atoms with Gasteiger partial charge in [-0.15, -0.1) is 0 Å². The lowest BCUT2D eigenvalue weighted by Gasteiger charge is -2.22. The number of thioether (sulfide) groups is 1. The van der Waals surface area contributed by atoms with Gasteiger partial charge in [0, 0.05) is 6.54 Å². The highest BCUT2D eigenvalue weighted by molar-refractivity contribution is 8.04.